The molecule has 37 heavy (non-hydrogen) atoms. The number of amides is 1. The number of rotatable bonds is 6. The number of anilines is 2. The Kier molecular flexibility index (Phi) is 7.50. The summed E-state index contributed by atoms with van der Waals surface area (Å²) >= 11 is 12.1. The Bertz CT molecular complexity index is 1210. The minimum Gasteiger partial charge on any atom is -0.477 e. The van der Waals surface area contributed by atoms with E-state index in [1.54, 1.807) is 18.3 Å². The molecule has 2 fully saturated rings. The summed E-state index contributed by atoms with van der Waals surface area (Å²) < 4.78 is 6.12. The van der Waals surface area contributed by atoms with Crippen molar-refractivity contribution in [2.75, 3.05) is 43.4 Å². The molecular weight excluding hydrogens is 507 g/mol. The molecule has 194 valence electrons. The second-order valence-corrected chi connectivity index (χ2v) is 11.3. The highest BCUT2D eigenvalue weighted by molar-refractivity contribution is 6.30. The molecule has 0 radical (unpaired) electrons. The molecule has 1 aromatic heterocycles. The number of piperidine rings is 1. The number of nitrogens with zero attached hydrogens (tertiary/aromatic N) is 3. The van der Waals surface area contributed by atoms with Gasteiger partial charge in [-0.05, 0) is 60.9 Å². The quantitative estimate of drug-likeness (QED) is 0.395. The van der Waals surface area contributed by atoms with E-state index in [1.165, 1.54) is 0 Å². The van der Waals surface area contributed by atoms with Crippen LogP contribution in [0.1, 0.15) is 31.2 Å². The normalized spacial score (nSPS) is 22.3. The second kappa shape index (κ2) is 10.8. The predicted molar refractivity (Wildman–Crippen MR) is 149 cm³/mol. The first-order valence-corrected chi connectivity index (χ1v) is 13.5. The third kappa shape index (κ3) is 5.81. The minimum atomic E-state index is -0.282. The van der Waals surface area contributed by atoms with E-state index in [4.69, 9.17) is 33.7 Å². The number of likely N-dealkylation sites (tertiary alicyclic amines) is 1. The van der Waals surface area contributed by atoms with Crippen LogP contribution in [0.4, 0.5) is 11.4 Å². The lowest BCUT2D eigenvalue weighted by molar-refractivity contribution is -0.135. The molecule has 5 rings (SSSR count). The van der Waals surface area contributed by atoms with Gasteiger partial charge in [0.2, 0.25) is 11.8 Å². The topological polar surface area (TPSA) is 71.7 Å². The van der Waals surface area contributed by atoms with Crippen LogP contribution in [0.3, 0.4) is 0 Å². The molecule has 0 bridgehead atoms. The van der Waals surface area contributed by atoms with Crippen LogP contribution in [0.15, 0.2) is 66.9 Å². The Morgan fingerprint density at radius 3 is 2.35 bits per heavy atom. The summed E-state index contributed by atoms with van der Waals surface area (Å²) in [7, 11) is 0. The second-order valence-electron chi connectivity index (χ2n) is 10.4. The molecule has 0 unspecified atom stereocenters. The van der Waals surface area contributed by atoms with Gasteiger partial charge in [-0.25, -0.2) is 4.98 Å². The molecule has 2 atom stereocenters. The Morgan fingerprint density at radius 1 is 1.03 bits per heavy atom. The van der Waals surface area contributed by atoms with Crippen LogP contribution in [0.2, 0.25) is 10.0 Å². The number of hydrogen-bond donors (Lipinski definition) is 1. The first-order valence-electron chi connectivity index (χ1n) is 12.7. The number of ether oxygens (including phenoxy) is 1. The molecule has 2 N–H and O–H groups in total. The molecule has 3 heterocycles. The van der Waals surface area contributed by atoms with Crippen LogP contribution in [0, 0.1) is 11.3 Å². The van der Waals surface area contributed by atoms with Crippen molar-refractivity contribution < 1.29 is 9.53 Å². The SMILES string of the molecule is C[C@]1(COc2ccc(Cl)cn2)CN(C(=O)C2CCN(c3ccc(N)cc3)CC2)C[C@@H]1c1ccc(Cl)cc1. The van der Waals surface area contributed by atoms with Crippen LogP contribution >= 0.6 is 23.2 Å². The zero-order valence-corrected chi connectivity index (χ0v) is 22.5. The van der Waals surface area contributed by atoms with Crippen molar-refractivity contribution in [1.29, 1.82) is 0 Å². The van der Waals surface area contributed by atoms with Gasteiger partial charge in [0.1, 0.15) is 0 Å². The van der Waals surface area contributed by atoms with Gasteiger partial charge in [-0.1, -0.05) is 42.3 Å². The van der Waals surface area contributed by atoms with E-state index in [0.717, 1.165) is 42.9 Å². The van der Waals surface area contributed by atoms with Gasteiger partial charge in [-0.15, -0.1) is 0 Å². The van der Waals surface area contributed by atoms with Gasteiger partial charge in [0.15, 0.2) is 0 Å². The summed E-state index contributed by atoms with van der Waals surface area (Å²) in [6.45, 7) is 5.64. The first kappa shape index (κ1) is 25.7. The Balaban J connectivity index is 1.28. The largest absolute Gasteiger partial charge is 0.477 e. The van der Waals surface area contributed by atoms with Gasteiger partial charge in [0, 0.05) is 72.1 Å². The van der Waals surface area contributed by atoms with Gasteiger partial charge in [-0.3, -0.25) is 4.79 Å². The fourth-order valence-electron chi connectivity index (χ4n) is 5.58. The van der Waals surface area contributed by atoms with Gasteiger partial charge in [0.25, 0.3) is 0 Å². The molecule has 6 nitrogen and oxygen atoms in total. The van der Waals surface area contributed by atoms with Gasteiger partial charge in [0.05, 0.1) is 11.6 Å². The summed E-state index contributed by atoms with van der Waals surface area (Å²) in [6.07, 6.45) is 3.26. The Labute approximate surface area is 228 Å². The number of aromatic nitrogens is 1. The monoisotopic (exact) mass is 538 g/mol. The third-order valence-electron chi connectivity index (χ3n) is 7.73. The number of benzene rings is 2. The summed E-state index contributed by atoms with van der Waals surface area (Å²) in [5, 5.41) is 1.27. The number of halogens is 2. The lowest BCUT2D eigenvalue weighted by Crippen LogP contribution is -2.42. The first-order chi connectivity index (χ1) is 17.8. The fourth-order valence-corrected chi connectivity index (χ4v) is 5.82. The number of carbonyl (C=O) groups excluding carboxylic acids is 1. The van der Waals surface area contributed by atoms with Crippen molar-refractivity contribution in [3.8, 4) is 5.88 Å². The molecule has 2 saturated heterocycles. The highest BCUT2D eigenvalue weighted by Crippen LogP contribution is 2.44. The summed E-state index contributed by atoms with van der Waals surface area (Å²) in [5.41, 5.74) is 8.63. The van der Waals surface area contributed by atoms with Crippen molar-refractivity contribution in [2.45, 2.75) is 25.7 Å². The third-order valence-corrected chi connectivity index (χ3v) is 8.21. The smallest absolute Gasteiger partial charge is 0.225 e. The average molecular weight is 540 g/mol. The van der Waals surface area contributed by atoms with Gasteiger partial charge >= 0.3 is 0 Å². The van der Waals surface area contributed by atoms with E-state index in [0.29, 0.717) is 35.6 Å². The molecule has 2 aromatic carbocycles. The van der Waals surface area contributed by atoms with Crippen LogP contribution < -0.4 is 15.4 Å². The lowest BCUT2D eigenvalue weighted by Gasteiger charge is -2.35. The number of nitrogen functional groups attached to an aromatic ring is 1. The van der Waals surface area contributed by atoms with Crippen molar-refractivity contribution >= 4 is 40.5 Å². The lowest BCUT2D eigenvalue weighted by atomic mass is 9.77. The highest BCUT2D eigenvalue weighted by atomic mass is 35.5. The summed E-state index contributed by atoms with van der Waals surface area (Å²) in [6, 6.07) is 19.4. The zero-order chi connectivity index (χ0) is 26.0. The van der Waals surface area contributed by atoms with E-state index in [2.05, 4.69) is 41.1 Å². The average Bonchev–Trinajstić information content (AvgIpc) is 3.26. The molecule has 0 saturated carbocycles. The molecule has 2 aliphatic rings. The molecule has 1 amide bonds. The molecule has 8 heteroatoms. The highest BCUT2D eigenvalue weighted by Gasteiger charge is 2.47. The van der Waals surface area contributed by atoms with Crippen molar-refractivity contribution in [1.82, 2.24) is 9.88 Å². The Hall–Kier alpha value is -2.96. The zero-order valence-electron chi connectivity index (χ0n) is 20.9. The van der Waals surface area contributed by atoms with Gasteiger partial charge in [-0.2, -0.15) is 0 Å². The number of hydrogen-bond acceptors (Lipinski definition) is 5. The number of carbonyl (C=O) groups is 1. The molecule has 0 aliphatic carbocycles. The fraction of sp³-hybridized carbons (Fsp3) is 0.379. The maximum absolute atomic E-state index is 13.7. The standard InChI is InChI=1S/C29H32Cl2N4O2/c1-29(19-37-27-11-6-23(31)16-33-27)18-35(17-26(29)20-2-4-22(30)5-3-20)28(36)21-12-14-34(15-13-21)25-9-7-24(32)8-10-25/h2-11,16,21,26H,12-15,17-19,32H2,1H3/t26-,29-/m1/s1. The van der Waals surface area contributed by atoms with E-state index in [1.807, 2.05) is 29.2 Å². The van der Waals surface area contributed by atoms with E-state index in [9.17, 15) is 4.79 Å². The van der Waals surface area contributed by atoms with Crippen LogP contribution in [0.25, 0.3) is 0 Å². The van der Waals surface area contributed by atoms with Gasteiger partial charge < -0.3 is 20.3 Å². The van der Waals surface area contributed by atoms with Crippen LogP contribution in [-0.4, -0.2) is 48.6 Å². The van der Waals surface area contributed by atoms with Crippen molar-refractivity contribution in [3.05, 3.63) is 82.5 Å². The summed E-state index contributed by atoms with van der Waals surface area (Å²) in [4.78, 5) is 22.4. The molecular formula is C29H32Cl2N4O2. The Morgan fingerprint density at radius 2 is 1.70 bits per heavy atom. The van der Waals surface area contributed by atoms with E-state index < -0.39 is 0 Å². The summed E-state index contributed by atoms with van der Waals surface area (Å²) in [5.74, 6) is 0.914. The molecule has 2 aliphatic heterocycles. The number of nitrogens with two attached hydrogens (primary N) is 1. The van der Waals surface area contributed by atoms with E-state index in [-0.39, 0.29) is 23.2 Å². The van der Waals surface area contributed by atoms with Crippen molar-refractivity contribution in [3.63, 3.8) is 0 Å². The molecule has 0 spiro atoms. The minimum absolute atomic E-state index is 0.0251. The van der Waals surface area contributed by atoms with Crippen molar-refractivity contribution in [2.24, 2.45) is 11.3 Å². The van der Waals surface area contributed by atoms with Crippen LogP contribution in [-0.2, 0) is 4.79 Å². The van der Waals surface area contributed by atoms with Crippen LogP contribution in [0.5, 0.6) is 5.88 Å². The molecule has 3 aromatic rings. The maximum Gasteiger partial charge on any atom is 0.225 e. The maximum atomic E-state index is 13.7. The van der Waals surface area contributed by atoms with E-state index >= 15 is 0 Å². The number of pyridine rings is 1. The predicted octanol–water partition coefficient (Wildman–Crippen LogP) is 5.90.